The van der Waals surface area contributed by atoms with E-state index in [1.54, 1.807) is 51.5 Å². The molecule has 2 aliphatic rings. The van der Waals surface area contributed by atoms with Crippen LogP contribution in [0.5, 0.6) is 23.0 Å². The lowest BCUT2D eigenvalue weighted by Crippen LogP contribution is -2.40. The maximum absolute atomic E-state index is 13.4. The van der Waals surface area contributed by atoms with Crippen molar-refractivity contribution in [1.82, 2.24) is 4.90 Å². The molecule has 4 rings (SSSR count). The Morgan fingerprint density at radius 2 is 1.55 bits per heavy atom. The highest BCUT2D eigenvalue weighted by atomic mass is 32.1. The lowest BCUT2D eigenvalue weighted by atomic mass is 9.94. The van der Waals surface area contributed by atoms with Crippen molar-refractivity contribution in [3.8, 4) is 23.0 Å². The molecular formula is C21H22N2O5S. The highest BCUT2D eigenvalue weighted by Crippen LogP contribution is 2.41. The van der Waals surface area contributed by atoms with Crippen LogP contribution in [0.25, 0.3) is 0 Å². The van der Waals surface area contributed by atoms with Gasteiger partial charge in [0.1, 0.15) is 17.5 Å². The Kier molecular flexibility index (Phi) is 4.96. The van der Waals surface area contributed by atoms with Crippen molar-refractivity contribution in [2.24, 2.45) is 0 Å². The first-order valence-electron chi connectivity index (χ1n) is 9.12. The molecule has 0 saturated carbocycles. The number of hydrogen-bond donors (Lipinski definition) is 0. The Labute approximate surface area is 174 Å². The van der Waals surface area contributed by atoms with Crippen molar-refractivity contribution in [1.29, 1.82) is 0 Å². The molecule has 2 aromatic carbocycles. The van der Waals surface area contributed by atoms with E-state index in [-0.39, 0.29) is 11.9 Å². The second-order valence-corrected chi connectivity index (χ2v) is 7.18. The number of nitrogens with zero attached hydrogens (tertiary/aromatic N) is 2. The van der Waals surface area contributed by atoms with Crippen LogP contribution in [0.15, 0.2) is 30.3 Å². The summed E-state index contributed by atoms with van der Waals surface area (Å²) in [6, 6.07) is 8.84. The van der Waals surface area contributed by atoms with Crippen LogP contribution in [-0.4, -0.2) is 50.4 Å². The van der Waals surface area contributed by atoms with Gasteiger partial charge in [0.15, 0.2) is 16.6 Å². The average molecular weight is 414 g/mol. The van der Waals surface area contributed by atoms with Crippen molar-refractivity contribution in [3.05, 3.63) is 41.5 Å². The van der Waals surface area contributed by atoms with Crippen LogP contribution in [0.1, 0.15) is 11.1 Å². The summed E-state index contributed by atoms with van der Waals surface area (Å²) in [5.41, 5.74) is 2.70. The fourth-order valence-corrected chi connectivity index (χ4v) is 4.28. The Bertz CT molecular complexity index is 942. The fraction of sp³-hybridized carbons (Fsp3) is 0.333. The van der Waals surface area contributed by atoms with Gasteiger partial charge in [0.2, 0.25) is 0 Å². The second kappa shape index (κ2) is 7.44. The van der Waals surface area contributed by atoms with E-state index in [1.807, 2.05) is 17.0 Å². The summed E-state index contributed by atoms with van der Waals surface area (Å²) in [6.07, 6.45) is 0.539. The quantitative estimate of drug-likeness (QED) is 0.697. The maximum Gasteiger partial charge on any atom is 0.256 e. The van der Waals surface area contributed by atoms with Crippen LogP contribution in [-0.2, 0) is 17.8 Å². The predicted octanol–water partition coefficient (Wildman–Crippen LogP) is 2.78. The number of hydrogen-bond acceptors (Lipinski definition) is 6. The zero-order chi connectivity index (χ0) is 20.7. The highest BCUT2D eigenvalue weighted by molar-refractivity contribution is 7.80. The first kappa shape index (κ1) is 19.3. The van der Waals surface area contributed by atoms with Crippen molar-refractivity contribution in [2.75, 3.05) is 33.3 Å². The zero-order valence-corrected chi connectivity index (χ0v) is 17.5. The molecule has 2 aromatic rings. The van der Waals surface area contributed by atoms with Crippen LogP contribution in [0.4, 0.5) is 5.69 Å². The van der Waals surface area contributed by atoms with E-state index in [0.29, 0.717) is 46.8 Å². The Balaban J connectivity index is 1.73. The summed E-state index contributed by atoms with van der Waals surface area (Å²) >= 11 is 5.70. The van der Waals surface area contributed by atoms with Gasteiger partial charge in [-0.2, -0.15) is 0 Å². The van der Waals surface area contributed by atoms with E-state index in [4.69, 9.17) is 31.2 Å². The lowest BCUT2D eigenvalue weighted by Gasteiger charge is -2.31. The number of anilines is 1. The average Bonchev–Trinajstić information content (AvgIpc) is 2.99. The first-order valence-corrected chi connectivity index (χ1v) is 9.53. The number of methoxy groups -OCH3 is 4. The van der Waals surface area contributed by atoms with Crippen LogP contribution in [0.3, 0.4) is 0 Å². The molecule has 7 nitrogen and oxygen atoms in total. The molecule has 0 N–H and O–H groups in total. The first-order chi connectivity index (χ1) is 14.0. The van der Waals surface area contributed by atoms with E-state index < -0.39 is 0 Å². The van der Waals surface area contributed by atoms with Gasteiger partial charge in [0, 0.05) is 19.0 Å². The van der Waals surface area contributed by atoms with E-state index in [2.05, 4.69) is 0 Å². The summed E-state index contributed by atoms with van der Waals surface area (Å²) < 4.78 is 21.6. The van der Waals surface area contributed by atoms with Gasteiger partial charge < -0.3 is 23.8 Å². The van der Waals surface area contributed by atoms with Gasteiger partial charge in [-0.25, -0.2) is 0 Å². The van der Waals surface area contributed by atoms with Crippen molar-refractivity contribution in [3.63, 3.8) is 0 Å². The van der Waals surface area contributed by atoms with Crippen molar-refractivity contribution in [2.45, 2.75) is 19.0 Å². The van der Waals surface area contributed by atoms with Crippen LogP contribution in [0.2, 0.25) is 0 Å². The number of carbonyl (C=O) groups excluding carboxylic acids is 1. The number of fused-ring (bicyclic) bond motifs is 2. The number of carbonyl (C=O) groups is 1. The molecule has 1 fully saturated rings. The molecule has 2 aliphatic heterocycles. The molecule has 1 amide bonds. The van der Waals surface area contributed by atoms with E-state index >= 15 is 0 Å². The van der Waals surface area contributed by atoms with E-state index in [9.17, 15) is 4.79 Å². The second-order valence-electron chi connectivity index (χ2n) is 6.82. The number of ether oxygens (including phenoxy) is 4. The number of rotatable bonds is 5. The summed E-state index contributed by atoms with van der Waals surface area (Å²) in [5, 5.41) is 0.451. The molecule has 8 heteroatoms. The Morgan fingerprint density at radius 3 is 2.17 bits per heavy atom. The topological polar surface area (TPSA) is 60.5 Å². The SMILES string of the molecule is COc1ccc(OC)c(N2C(=O)[C@H]3Cc4cc(OC)c(OC)cc4CN3C2=S)c1. The lowest BCUT2D eigenvalue weighted by molar-refractivity contribution is -0.120. The van der Waals surface area contributed by atoms with Gasteiger partial charge in [-0.1, -0.05) is 0 Å². The molecular weight excluding hydrogens is 392 g/mol. The Hall–Kier alpha value is -3.00. The fourth-order valence-electron chi connectivity index (χ4n) is 3.90. The minimum atomic E-state index is -0.371. The van der Waals surface area contributed by atoms with Crippen LogP contribution < -0.4 is 23.8 Å². The van der Waals surface area contributed by atoms with Gasteiger partial charge in [0.25, 0.3) is 5.91 Å². The largest absolute Gasteiger partial charge is 0.497 e. The van der Waals surface area contributed by atoms with Crippen molar-refractivity contribution >= 4 is 28.9 Å². The van der Waals surface area contributed by atoms with Gasteiger partial charge >= 0.3 is 0 Å². The highest BCUT2D eigenvalue weighted by Gasteiger charge is 2.46. The smallest absolute Gasteiger partial charge is 0.256 e. The van der Waals surface area contributed by atoms with Gasteiger partial charge in [-0.05, 0) is 47.6 Å². The van der Waals surface area contributed by atoms with Crippen molar-refractivity contribution < 1.29 is 23.7 Å². The van der Waals surface area contributed by atoms with Gasteiger partial charge in [0.05, 0.1) is 34.1 Å². The predicted molar refractivity (Wildman–Crippen MR) is 112 cm³/mol. The van der Waals surface area contributed by atoms with E-state index in [0.717, 1.165) is 11.1 Å². The monoisotopic (exact) mass is 414 g/mol. The molecule has 152 valence electrons. The molecule has 29 heavy (non-hydrogen) atoms. The Morgan fingerprint density at radius 1 is 0.897 bits per heavy atom. The summed E-state index contributed by atoms with van der Waals surface area (Å²) in [7, 11) is 6.36. The third-order valence-electron chi connectivity index (χ3n) is 5.41. The standard InChI is InChI=1S/C21H22N2O5S/c1-25-14-5-6-17(26-2)15(10-14)23-20(24)16-7-12-8-18(27-3)19(28-4)9-13(12)11-22(16)21(23)29/h5-6,8-10,16H,7,11H2,1-4H3/t16-/m1/s1. The minimum Gasteiger partial charge on any atom is -0.497 e. The zero-order valence-electron chi connectivity index (χ0n) is 16.7. The summed E-state index contributed by atoms with van der Waals surface area (Å²) in [6.45, 7) is 0.522. The molecule has 0 spiro atoms. The summed E-state index contributed by atoms with van der Waals surface area (Å²) in [5.74, 6) is 2.41. The molecule has 1 saturated heterocycles. The minimum absolute atomic E-state index is 0.0815. The molecule has 0 aromatic heterocycles. The summed E-state index contributed by atoms with van der Waals surface area (Å²) in [4.78, 5) is 16.8. The van der Waals surface area contributed by atoms with Gasteiger partial charge in [-0.3, -0.25) is 9.69 Å². The normalized spacial score (nSPS) is 17.7. The number of amides is 1. The molecule has 0 bridgehead atoms. The molecule has 0 radical (unpaired) electrons. The molecule has 2 heterocycles. The number of thiocarbonyl (C=S) groups is 1. The third kappa shape index (κ3) is 3.04. The van der Waals surface area contributed by atoms with Crippen LogP contribution >= 0.6 is 12.2 Å². The molecule has 0 unspecified atom stereocenters. The van der Waals surface area contributed by atoms with E-state index in [1.165, 1.54) is 0 Å². The third-order valence-corrected chi connectivity index (χ3v) is 5.82. The molecule has 0 aliphatic carbocycles. The molecule has 1 atom stereocenters. The maximum atomic E-state index is 13.4. The van der Waals surface area contributed by atoms with Gasteiger partial charge in [-0.15, -0.1) is 0 Å². The van der Waals surface area contributed by atoms with Crippen LogP contribution in [0, 0.1) is 0 Å². The number of benzene rings is 2.